The van der Waals surface area contributed by atoms with Gasteiger partial charge in [-0.1, -0.05) is 12.1 Å². The van der Waals surface area contributed by atoms with E-state index < -0.39 is 0 Å². The van der Waals surface area contributed by atoms with Crippen molar-refractivity contribution in [1.82, 2.24) is 15.1 Å². The third-order valence-corrected chi connectivity index (χ3v) is 4.16. The Morgan fingerprint density at radius 3 is 2.81 bits per heavy atom. The molecule has 1 unspecified atom stereocenters. The van der Waals surface area contributed by atoms with Gasteiger partial charge in [0.25, 0.3) is 0 Å². The third-order valence-electron chi connectivity index (χ3n) is 4.16. The summed E-state index contributed by atoms with van der Waals surface area (Å²) in [5, 5.41) is 12.8. The fourth-order valence-corrected chi connectivity index (χ4v) is 2.58. The monoisotopic (exact) mass is 291 g/mol. The lowest BCUT2D eigenvalue weighted by Crippen LogP contribution is -2.47. The number of nitrogens with zero attached hydrogens (tertiary/aromatic N) is 2. The Kier molecular flexibility index (Phi) is 5.59. The first kappa shape index (κ1) is 15.8. The summed E-state index contributed by atoms with van der Waals surface area (Å²) in [6.07, 6.45) is 0.541. The van der Waals surface area contributed by atoms with Crippen LogP contribution < -0.4 is 5.32 Å². The summed E-state index contributed by atoms with van der Waals surface area (Å²) in [6, 6.07) is 7.47. The molecule has 0 aliphatic carbocycles. The number of amides is 1. The molecule has 1 heterocycles. The molecule has 0 spiro atoms. The standard InChI is InChI=1S/C16H25N3O2/c1-13(14-4-3-5-15(20)12-14)18(2)9-6-16(21)19-10-7-17-8-11-19/h3-5,12-13,17,20H,6-11H2,1-2H3. The highest BCUT2D eigenvalue weighted by atomic mass is 16.3. The second-order valence-electron chi connectivity index (χ2n) is 5.63. The van der Waals surface area contributed by atoms with Crippen LogP contribution in [0.15, 0.2) is 24.3 Å². The van der Waals surface area contributed by atoms with Crippen LogP contribution in [0, 0.1) is 0 Å². The Bertz CT molecular complexity index is 472. The maximum Gasteiger partial charge on any atom is 0.223 e. The molecule has 5 nitrogen and oxygen atoms in total. The molecule has 1 aromatic carbocycles. The van der Waals surface area contributed by atoms with Crippen molar-refractivity contribution in [3.63, 3.8) is 0 Å². The molecule has 1 amide bonds. The number of carbonyl (C=O) groups is 1. The van der Waals surface area contributed by atoms with Crippen LogP contribution in [0.1, 0.15) is 24.9 Å². The van der Waals surface area contributed by atoms with Gasteiger partial charge >= 0.3 is 0 Å². The van der Waals surface area contributed by atoms with Crippen molar-refractivity contribution in [3.8, 4) is 5.75 Å². The maximum absolute atomic E-state index is 12.1. The highest BCUT2D eigenvalue weighted by molar-refractivity contribution is 5.76. The minimum atomic E-state index is 0.174. The molecule has 1 saturated heterocycles. The molecule has 5 heteroatoms. The second-order valence-corrected chi connectivity index (χ2v) is 5.63. The van der Waals surface area contributed by atoms with Crippen LogP contribution in [0.4, 0.5) is 0 Å². The molecule has 1 aliphatic heterocycles. The molecule has 116 valence electrons. The first-order chi connectivity index (χ1) is 10.1. The lowest BCUT2D eigenvalue weighted by molar-refractivity contribution is -0.132. The van der Waals surface area contributed by atoms with Crippen molar-refractivity contribution >= 4 is 5.91 Å². The zero-order valence-corrected chi connectivity index (χ0v) is 12.9. The van der Waals surface area contributed by atoms with E-state index in [0.717, 1.165) is 38.3 Å². The average molecular weight is 291 g/mol. The van der Waals surface area contributed by atoms with Gasteiger partial charge in [-0.15, -0.1) is 0 Å². The van der Waals surface area contributed by atoms with Gasteiger partial charge in [0.1, 0.15) is 5.75 Å². The van der Waals surface area contributed by atoms with E-state index in [-0.39, 0.29) is 17.7 Å². The Labute approximate surface area is 126 Å². The maximum atomic E-state index is 12.1. The Morgan fingerprint density at radius 2 is 2.14 bits per heavy atom. The number of benzene rings is 1. The summed E-state index contributed by atoms with van der Waals surface area (Å²) in [5.41, 5.74) is 1.06. The molecule has 1 aromatic rings. The zero-order valence-electron chi connectivity index (χ0n) is 12.9. The van der Waals surface area contributed by atoms with Crippen LogP contribution in [-0.2, 0) is 4.79 Å². The lowest BCUT2D eigenvalue weighted by Gasteiger charge is -2.29. The van der Waals surface area contributed by atoms with E-state index >= 15 is 0 Å². The van der Waals surface area contributed by atoms with Gasteiger partial charge in [-0.05, 0) is 31.7 Å². The van der Waals surface area contributed by atoms with Crippen LogP contribution in [0.3, 0.4) is 0 Å². The van der Waals surface area contributed by atoms with Crippen LogP contribution >= 0.6 is 0 Å². The molecule has 2 N–H and O–H groups in total. The average Bonchev–Trinajstić information content (AvgIpc) is 2.52. The second kappa shape index (κ2) is 7.43. The molecule has 2 rings (SSSR count). The molecule has 1 fully saturated rings. The minimum Gasteiger partial charge on any atom is -0.508 e. The Balaban J connectivity index is 1.83. The van der Waals surface area contributed by atoms with E-state index in [2.05, 4.69) is 17.1 Å². The molecular weight excluding hydrogens is 266 g/mol. The highest BCUT2D eigenvalue weighted by Crippen LogP contribution is 2.22. The van der Waals surface area contributed by atoms with Gasteiger partial charge in [-0.2, -0.15) is 0 Å². The van der Waals surface area contributed by atoms with Crippen molar-refractivity contribution in [3.05, 3.63) is 29.8 Å². The molecule has 0 radical (unpaired) electrons. The van der Waals surface area contributed by atoms with Crippen molar-refractivity contribution in [1.29, 1.82) is 0 Å². The number of aromatic hydroxyl groups is 1. The summed E-state index contributed by atoms with van der Waals surface area (Å²) in [4.78, 5) is 16.2. The molecule has 1 aliphatic rings. The van der Waals surface area contributed by atoms with Gasteiger partial charge < -0.3 is 15.3 Å². The molecule has 21 heavy (non-hydrogen) atoms. The molecular formula is C16H25N3O2. The van der Waals surface area contributed by atoms with Gasteiger partial charge in [0.05, 0.1) is 0 Å². The number of rotatable bonds is 5. The summed E-state index contributed by atoms with van der Waals surface area (Å²) in [7, 11) is 2.01. The van der Waals surface area contributed by atoms with E-state index in [1.54, 1.807) is 12.1 Å². The molecule has 0 saturated carbocycles. The predicted molar refractivity (Wildman–Crippen MR) is 83.2 cm³/mol. The number of hydrogen-bond acceptors (Lipinski definition) is 4. The van der Waals surface area contributed by atoms with Crippen LogP contribution in [0.25, 0.3) is 0 Å². The highest BCUT2D eigenvalue weighted by Gasteiger charge is 2.18. The minimum absolute atomic E-state index is 0.174. The van der Waals surface area contributed by atoms with E-state index in [1.165, 1.54) is 0 Å². The van der Waals surface area contributed by atoms with E-state index in [1.807, 2.05) is 24.1 Å². The summed E-state index contributed by atoms with van der Waals surface area (Å²) in [5.74, 6) is 0.510. The first-order valence-corrected chi connectivity index (χ1v) is 7.55. The van der Waals surface area contributed by atoms with Gasteiger partial charge in [-0.3, -0.25) is 9.69 Å². The topological polar surface area (TPSA) is 55.8 Å². The Hall–Kier alpha value is -1.59. The smallest absolute Gasteiger partial charge is 0.223 e. The van der Waals surface area contributed by atoms with Crippen LogP contribution in [0.5, 0.6) is 5.75 Å². The van der Waals surface area contributed by atoms with Crippen molar-refractivity contribution in [2.45, 2.75) is 19.4 Å². The quantitative estimate of drug-likeness (QED) is 0.856. The summed E-state index contributed by atoms with van der Waals surface area (Å²) < 4.78 is 0. The summed E-state index contributed by atoms with van der Waals surface area (Å²) >= 11 is 0. The van der Waals surface area contributed by atoms with E-state index in [0.29, 0.717) is 6.42 Å². The van der Waals surface area contributed by atoms with Gasteiger partial charge in [0, 0.05) is 45.2 Å². The van der Waals surface area contributed by atoms with Crippen molar-refractivity contribution in [2.24, 2.45) is 0 Å². The molecule has 0 aromatic heterocycles. The number of phenolic OH excluding ortho intramolecular Hbond substituents is 1. The largest absolute Gasteiger partial charge is 0.508 e. The van der Waals surface area contributed by atoms with Gasteiger partial charge in [0.15, 0.2) is 0 Å². The van der Waals surface area contributed by atoms with Gasteiger partial charge in [0.2, 0.25) is 5.91 Å². The lowest BCUT2D eigenvalue weighted by atomic mass is 10.1. The Morgan fingerprint density at radius 1 is 1.43 bits per heavy atom. The van der Waals surface area contributed by atoms with Crippen molar-refractivity contribution in [2.75, 3.05) is 39.8 Å². The summed E-state index contributed by atoms with van der Waals surface area (Å²) in [6.45, 7) is 6.21. The fraction of sp³-hybridized carbons (Fsp3) is 0.562. The van der Waals surface area contributed by atoms with E-state index in [9.17, 15) is 9.90 Å². The number of nitrogens with one attached hydrogen (secondary N) is 1. The van der Waals surface area contributed by atoms with Crippen molar-refractivity contribution < 1.29 is 9.90 Å². The predicted octanol–water partition coefficient (Wildman–Crippen LogP) is 1.21. The fourth-order valence-electron chi connectivity index (χ4n) is 2.58. The van der Waals surface area contributed by atoms with Crippen LogP contribution in [0.2, 0.25) is 0 Å². The zero-order chi connectivity index (χ0) is 15.2. The number of carbonyl (C=O) groups excluding carboxylic acids is 1. The van der Waals surface area contributed by atoms with Crippen LogP contribution in [-0.4, -0.2) is 60.6 Å². The molecule has 1 atom stereocenters. The third kappa shape index (κ3) is 4.44. The molecule has 0 bridgehead atoms. The number of hydrogen-bond donors (Lipinski definition) is 2. The normalized spacial score (nSPS) is 17.0. The SMILES string of the molecule is CC(c1cccc(O)c1)N(C)CCC(=O)N1CCNCC1. The number of piperazine rings is 1. The number of phenols is 1. The van der Waals surface area contributed by atoms with E-state index in [4.69, 9.17) is 0 Å². The van der Waals surface area contributed by atoms with Gasteiger partial charge in [-0.25, -0.2) is 0 Å². The first-order valence-electron chi connectivity index (χ1n) is 7.55.